The summed E-state index contributed by atoms with van der Waals surface area (Å²) in [6.45, 7) is 1.36. The highest BCUT2D eigenvalue weighted by Crippen LogP contribution is 2.21. The van der Waals surface area contributed by atoms with E-state index in [0.717, 1.165) is 29.5 Å². The first-order valence-corrected chi connectivity index (χ1v) is 7.62. The number of hydrogen-bond acceptors (Lipinski definition) is 2. The van der Waals surface area contributed by atoms with Gasteiger partial charge in [-0.1, -0.05) is 42.5 Å². The molecule has 2 aromatic carbocycles. The van der Waals surface area contributed by atoms with Gasteiger partial charge in [-0.15, -0.1) is 0 Å². The quantitative estimate of drug-likeness (QED) is 0.846. The second-order valence-electron chi connectivity index (χ2n) is 5.64. The number of hydrogen-bond donors (Lipinski definition) is 0. The van der Waals surface area contributed by atoms with Gasteiger partial charge in [-0.25, -0.2) is 0 Å². The second-order valence-corrected chi connectivity index (χ2v) is 5.64. The van der Waals surface area contributed by atoms with E-state index in [9.17, 15) is 4.79 Å². The predicted molar refractivity (Wildman–Crippen MR) is 86.1 cm³/mol. The summed E-state index contributed by atoms with van der Waals surface area (Å²) < 4.78 is 0. The summed E-state index contributed by atoms with van der Waals surface area (Å²) in [6.07, 6.45) is 1.56. The number of likely N-dealkylation sites (tertiary alicyclic amines) is 1. The summed E-state index contributed by atoms with van der Waals surface area (Å²) in [6, 6.07) is 20.2. The fourth-order valence-electron chi connectivity index (χ4n) is 2.83. The smallest absolute Gasteiger partial charge is 0.253 e. The monoisotopic (exact) mass is 290 g/mol. The van der Waals surface area contributed by atoms with Crippen LogP contribution in [0.25, 0.3) is 11.1 Å². The van der Waals surface area contributed by atoms with Crippen molar-refractivity contribution in [2.24, 2.45) is 5.92 Å². The highest BCUT2D eigenvalue weighted by molar-refractivity contribution is 5.94. The average Bonchev–Trinajstić information content (AvgIpc) is 2.62. The van der Waals surface area contributed by atoms with Crippen LogP contribution in [0, 0.1) is 17.2 Å². The fraction of sp³-hybridized carbons (Fsp3) is 0.263. The number of piperidine rings is 1. The van der Waals surface area contributed by atoms with Gasteiger partial charge in [0, 0.05) is 24.6 Å². The Bertz CT molecular complexity index is 678. The molecule has 0 spiro atoms. The van der Waals surface area contributed by atoms with Crippen molar-refractivity contribution < 1.29 is 4.79 Å². The van der Waals surface area contributed by atoms with E-state index in [1.165, 1.54) is 0 Å². The number of carbonyl (C=O) groups is 1. The first-order chi connectivity index (χ1) is 10.8. The molecule has 0 unspecified atom stereocenters. The minimum atomic E-state index is 0.0657. The van der Waals surface area contributed by atoms with Gasteiger partial charge >= 0.3 is 0 Å². The summed E-state index contributed by atoms with van der Waals surface area (Å²) in [4.78, 5) is 14.3. The molecule has 3 rings (SSSR count). The number of benzene rings is 2. The lowest BCUT2D eigenvalue weighted by Crippen LogP contribution is -2.38. The SMILES string of the molecule is N#CC1CCN(C(=O)c2ccc(-c3ccccc3)cc2)CC1. The van der Waals surface area contributed by atoms with E-state index in [4.69, 9.17) is 5.26 Å². The molecule has 2 aromatic rings. The molecule has 1 fully saturated rings. The Morgan fingerprint density at radius 1 is 0.955 bits per heavy atom. The largest absolute Gasteiger partial charge is 0.339 e. The summed E-state index contributed by atoms with van der Waals surface area (Å²) in [5.41, 5.74) is 2.98. The summed E-state index contributed by atoms with van der Waals surface area (Å²) in [5, 5.41) is 8.92. The lowest BCUT2D eigenvalue weighted by molar-refractivity contribution is 0.0707. The van der Waals surface area contributed by atoms with Crippen LogP contribution in [0.15, 0.2) is 54.6 Å². The molecule has 3 heteroatoms. The molecule has 0 atom stereocenters. The Kier molecular flexibility index (Phi) is 4.20. The molecule has 110 valence electrons. The minimum absolute atomic E-state index is 0.0657. The van der Waals surface area contributed by atoms with Gasteiger partial charge in [0.05, 0.1) is 6.07 Å². The van der Waals surface area contributed by atoms with Crippen molar-refractivity contribution in [3.05, 3.63) is 60.2 Å². The molecule has 0 saturated carbocycles. The molecule has 0 aromatic heterocycles. The van der Waals surface area contributed by atoms with Crippen molar-refractivity contribution in [3.8, 4) is 17.2 Å². The van der Waals surface area contributed by atoms with Crippen molar-refractivity contribution in [3.63, 3.8) is 0 Å². The van der Waals surface area contributed by atoms with Gasteiger partial charge in [-0.3, -0.25) is 4.79 Å². The zero-order valence-corrected chi connectivity index (χ0v) is 12.4. The molecule has 3 nitrogen and oxygen atoms in total. The lowest BCUT2D eigenvalue weighted by atomic mass is 9.97. The average molecular weight is 290 g/mol. The normalized spacial score (nSPS) is 15.3. The first kappa shape index (κ1) is 14.3. The third kappa shape index (κ3) is 3.01. The van der Waals surface area contributed by atoms with E-state index in [2.05, 4.69) is 18.2 Å². The molecule has 0 N–H and O–H groups in total. The maximum atomic E-state index is 12.5. The van der Waals surface area contributed by atoms with Crippen molar-refractivity contribution >= 4 is 5.91 Å². The molecule has 0 radical (unpaired) electrons. The summed E-state index contributed by atoms with van der Waals surface area (Å²) in [7, 11) is 0. The molecule has 1 aliphatic heterocycles. The van der Waals surface area contributed by atoms with Crippen molar-refractivity contribution in [1.82, 2.24) is 4.90 Å². The van der Waals surface area contributed by atoms with Crippen LogP contribution in [0.3, 0.4) is 0 Å². The van der Waals surface area contributed by atoms with Gasteiger partial charge in [0.25, 0.3) is 5.91 Å². The maximum absolute atomic E-state index is 12.5. The van der Waals surface area contributed by atoms with E-state index in [1.807, 2.05) is 47.4 Å². The van der Waals surface area contributed by atoms with Gasteiger partial charge in [0.1, 0.15) is 0 Å². The predicted octanol–water partition coefficient (Wildman–Crippen LogP) is 3.73. The third-order valence-corrected chi connectivity index (χ3v) is 4.20. The van der Waals surface area contributed by atoms with Crippen molar-refractivity contribution in [1.29, 1.82) is 5.26 Å². The van der Waals surface area contributed by atoms with Crippen LogP contribution in [0.1, 0.15) is 23.2 Å². The Hall–Kier alpha value is -2.60. The zero-order valence-electron chi connectivity index (χ0n) is 12.4. The Labute approximate surface area is 130 Å². The van der Waals surface area contributed by atoms with E-state index in [1.54, 1.807) is 0 Å². The van der Waals surface area contributed by atoms with Crippen LogP contribution in [-0.4, -0.2) is 23.9 Å². The molecule has 0 bridgehead atoms. The van der Waals surface area contributed by atoms with Crippen molar-refractivity contribution in [2.45, 2.75) is 12.8 Å². The fourth-order valence-corrected chi connectivity index (χ4v) is 2.83. The van der Waals surface area contributed by atoms with Gasteiger partial charge in [0.2, 0.25) is 0 Å². The standard InChI is InChI=1S/C19H18N2O/c20-14-15-10-12-21(13-11-15)19(22)18-8-6-17(7-9-18)16-4-2-1-3-5-16/h1-9,15H,10-13H2. The summed E-state index contributed by atoms with van der Waals surface area (Å²) >= 11 is 0. The van der Waals surface area contributed by atoms with E-state index in [-0.39, 0.29) is 11.8 Å². The number of nitrogens with zero attached hydrogens (tertiary/aromatic N) is 2. The Morgan fingerprint density at radius 3 is 2.14 bits per heavy atom. The molecule has 1 heterocycles. The van der Waals surface area contributed by atoms with E-state index in [0.29, 0.717) is 13.1 Å². The molecule has 1 saturated heterocycles. The topological polar surface area (TPSA) is 44.1 Å². The third-order valence-electron chi connectivity index (χ3n) is 4.20. The lowest BCUT2D eigenvalue weighted by Gasteiger charge is -2.29. The van der Waals surface area contributed by atoms with Gasteiger partial charge in [-0.05, 0) is 36.1 Å². The van der Waals surface area contributed by atoms with Gasteiger partial charge in [-0.2, -0.15) is 5.26 Å². The highest BCUT2D eigenvalue weighted by atomic mass is 16.2. The summed E-state index contributed by atoms with van der Waals surface area (Å²) in [5.74, 6) is 0.167. The van der Waals surface area contributed by atoms with Crippen LogP contribution in [0.2, 0.25) is 0 Å². The highest BCUT2D eigenvalue weighted by Gasteiger charge is 2.23. The van der Waals surface area contributed by atoms with Gasteiger partial charge in [0.15, 0.2) is 0 Å². The van der Waals surface area contributed by atoms with Crippen LogP contribution in [-0.2, 0) is 0 Å². The number of amides is 1. The van der Waals surface area contributed by atoms with Gasteiger partial charge < -0.3 is 4.90 Å². The first-order valence-electron chi connectivity index (χ1n) is 7.62. The van der Waals surface area contributed by atoms with Crippen molar-refractivity contribution in [2.75, 3.05) is 13.1 Å². The second kappa shape index (κ2) is 6.44. The van der Waals surface area contributed by atoms with Crippen LogP contribution < -0.4 is 0 Å². The number of carbonyl (C=O) groups excluding carboxylic acids is 1. The Morgan fingerprint density at radius 2 is 1.55 bits per heavy atom. The molecule has 1 amide bonds. The van der Waals surface area contributed by atoms with Crippen LogP contribution in [0.5, 0.6) is 0 Å². The zero-order chi connectivity index (χ0) is 15.4. The molecular weight excluding hydrogens is 272 g/mol. The molecule has 22 heavy (non-hydrogen) atoms. The minimum Gasteiger partial charge on any atom is -0.339 e. The maximum Gasteiger partial charge on any atom is 0.253 e. The van der Waals surface area contributed by atoms with Crippen LogP contribution in [0.4, 0.5) is 0 Å². The Balaban J connectivity index is 1.71. The van der Waals surface area contributed by atoms with E-state index < -0.39 is 0 Å². The molecule has 1 aliphatic rings. The molecular formula is C19H18N2O. The number of rotatable bonds is 2. The van der Waals surface area contributed by atoms with Crippen LogP contribution >= 0.6 is 0 Å². The molecule has 0 aliphatic carbocycles. The number of nitriles is 1. The van der Waals surface area contributed by atoms with E-state index >= 15 is 0 Å².